The molecule has 1 atom stereocenters. The maximum atomic E-state index is 11.6. The Hall–Kier alpha value is -2.32. The van der Waals surface area contributed by atoms with Crippen molar-refractivity contribution in [2.45, 2.75) is 25.3 Å². The maximum absolute atomic E-state index is 11.6. The summed E-state index contributed by atoms with van der Waals surface area (Å²) in [5.41, 5.74) is 0. The number of likely N-dealkylation sites (tertiary alicyclic amines) is 1. The Balaban J connectivity index is 2.35. The van der Waals surface area contributed by atoms with Crippen LogP contribution in [0.1, 0.15) is 19.3 Å². The normalized spacial score (nSPS) is 15.5. The van der Waals surface area contributed by atoms with E-state index in [2.05, 4.69) is 5.32 Å². The lowest BCUT2D eigenvalue weighted by atomic mass is 10.2. The summed E-state index contributed by atoms with van der Waals surface area (Å²) in [6, 6.07) is -2.42. The van der Waals surface area contributed by atoms with Crippen molar-refractivity contribution < 1.29 is 29.4 Å². The zero-order valence-corrected chi connectivity index (χ0v) is 10.8. The van der Waals surface area contributed by atoms with Gasteiger partial charge in [0.25, 0.3) is 0 Å². The van der Waals surface area contributed by atoms with E-state index >= 15 is 0 Å². The summed E-state index contributed by atoms with van der Waals surface area (Å²) in [4.78, 5) is 45.8. The molecule has 1 heterocycles. The Labute approximate surface area is 114 Å². The van der Waals surface area contributed by atoms with Crippen LogP contribution in [0, 0.1) is 0 Å². The fourth-order valence-electron chi connectivity index (χ4n) is 1.82. The summed E-state index contributed by atoms with van der Waals surface area (Å²) in [5.74, 6) is -3.04. The molecule has 1 fully saturated rings. The molecule has 0 saturated carbocycles. The van der Waals surface area contributed by atoms with Crippen LogP contribution >= 0.6 is 0 Å². The Kier molecular flexibility index (Phi) is 5.75. The van der Waals surface area contributed by atoms with Crippen molar-refractivity contribution in [2.24, 2.45) is 0 Å². The van der Waals surface area contributed by atoms with Crippen LogP contribution in [0.4, 0.5) is 4.79 Å². The van der Waals surface area contributed by atoms with E-state index in [9.17, 15) is 19.2 Å². The van der Waals surface area contributed by atoms with Crippen LogP contribution in [0.2, 0.25) is 0 Å². The molecule has 20 heavy (non-hydrogen) atoms. The third-order valence-corrected chi connectivity index (χ3v) is 2.84. The van der Waals surface area contributed by atoms with E-state index in [1.807, 2.05) is 5.32 Å². The van der Waals surface area contributed by atoms with E-state index in [0.717, 1.165) is 12.8 Å². The lowest BCUT2D eigenvalue weighted by Crippen LogP contribution is -2.49. The summed E-state index contributed by atoms with van der Waals surface area (Å²) < 4.78 is 0. The molecule has 0 aromatic rings. The number of carbonyl (C=O) groups excluding carboxylic acids is 2. The number of amides is 3. The Morgan fingerprint density at radius 1 is 1.10 bits per heavy atom. The fraction of sp³-hybridized carbons (Fsp3) is 0.636. The average Bonchev–Trinajstić information content (AvgIpc) is 2.88. The van der Waals surface area contributed by atoms with Crippen molar-refractivity contribution in [1.82, 2.24) is 15.5 Å². The smallest absolute Gasteiger partial charge is 0.326 e. The van der Waals surface area contributed by atoms with Gasteiger partial charge in [-0.1, -0.05) is 0 Å². The quantitative estimate of drug-likeness (QED) is 0.486. The third kappa shape index (κ3) is 5.12. The van der Waals surface area contributed by atoms with E-state index < -0.39 is 30.4 Å². The standard InChI is InChI=1S/C11H17N3O6/c15-8(14-3-1-2-4-14)6-12-11(20)13-7(10(18)19)5-9(16)17/h7H,1-6H2,(H,16,17)(H,18,19)(H2,12,13,20)/t7-/m1/s1. The molecule has 112 valence electrons. The summed E-state index contributed by atoms with van der Waals surface area (Å²) in [5, 5.41) is 21.5. The van der Waals surface area contributed by atoms with Gasteiger partial charge in [-0.3, -0.25) is 9.59 Å². The van der Waals surface area contributed by atoms with Crippen LogP contribution in [-0.2, 0) is 14.4 Å². The second-order valence-electron chi connectivity index (χ2n) is 4.40. The first-order chi connectivity index (χ1) is 9.40. The van der Waals surface area contributed by atoms with Gasteiger partial charge in [0.1, 0.15) is 6.04 Å². The predicted molar refractivity (Wildman–Crippen MR) is 66.0 cm³/mol. The molecule has 1 saturated heterocycles. The summed E-state index contributed by atoms with van der Waals surface area (Å²) >= 11 is 0. The van der Waals surface area contributed by atoms with Gasteiger partial charge < -0.3 is 25.7 Å². The van der Waals surface area contributed by atoms with Crippen LogP contribution in [0.15, 0.2) is 0 Å². The van der Waals surface area contributed by atoms with Crippen LogP contribution in [0.5, 0.6) is 0 Å². The number of carboxylic acid groups (broad SMARTS) is 2. The van der Waals surface area contributed by atoms with E-state index in [1.165, 1.54) is 0 Å². The van der Waals surface area contributed by atoms with Crippen molar-refractivity contribution in [3.63, 3.8) is 0 Å². The molecule has 0 aromatic carbocycles. The predicted octanol–water partition coefficient (Wildman–Crippen LogP) is -1.16. The highest BCUT2D eigenvalue weighted by Crippen LogP contribution is 2.06. The first-order valence-corrected chi connectivity index (χ1v) is 6.17. The van der Waals surface area contributed by atoms with Gasteiger partial charge in [0.15, 0.2) is 0 Å². The number of aliphatic carboxylic acids is 2. The largest absolute Gasteiger partial charge is 0.481 e. The Bertz CT molecular complexity index is 405. The van der Waals surface area contributed by atoms with Gasteiger partial charge in [0.05, 0.1) is 13.0 Å². The van der Waals surface area contributed by atoms with Crippen molar-refractivity contribution in [2.75, 3.05) is 19.6 Å². The SMILES string of the molecule is O=C(O)C[C@@H](NC(=O)NCC(=O)N1CCCC1)C(=O)O. The number of rotatable bonds is 6. The van der Waals surface area contributed by atoms with Crippen LogP contribution in [0.3, 0.4) is 0 Å². The number of hydrogen-bond donors (Lipinski definition) is 4. The van der Waals surface area contributed by atoms with Gasteiger partial charge in [0.2, 0.25) is 5.91 Å². The summed E-state index contributed by atoms with van der Waals surface area (Å²) in [7, 11) is 0. The van der Waals surface area contributed by atoms with Crippen molar-refractivity contribution in [3.8, 4) is 0 Å². The molecular formula is C11H17N3O6. The lowest BCUT2D eigenvalue weighted by Gasteiger charge is -2.17. The Morgan fingerprint density at radius 3 is 2.20 bits per heavy atom. The molecule has 9 heteroatoms. The summed E-state index contributed by atoms with van der Waals surface area (Å²) in [6.07, 6.45) is 1.12. The molecular weight excluding hydrogens is 270 g/mol. The molecule has 0 aliphatic carbocycles. The van der Waals surface area contributed by atoms with Gasteiger partial charge in [-0.2, -0.15) is 0 Å². The molecule has 1 aliphatic heterocycles. The van der Waals surface area contributed by atoms with Gasteiger partial charge in [-0.15, -0.1) is 0 Å². The second-order valence-corrected chi connectivity index (χ2v) is 4.40. The molecule has 1 aliphatic rings. The van der Waals surface area contributed by atoms with Gasteiger partial charge >= 0.3 is 18.0 Å². The first kappa shape index (κ1) is 15.7. The topological polar surface area (TPSA) is 136 Å². The van der Waals surface area contributed by atoms with E-state index in [0.29, 0.717) is 13.1 Å². The highest BCUT2D eigenvalue weighted by Gasteiger charge is 2.24. The summed E-state index contributed by atoms with van der Waals surface area (Å²) in [6.45, 7) is 1.06. The average molecular weight is 287 g/mol. The van der Waals surface area contributed by atoms with E-state index in [1.54, 1.807) is 4.90 Å². The first-order valence-electron chi connectivity index (χ1n) is 6.17. The zero-order valence-electron chi connectivity index (χ0n) is 10.8. The van der Waals surface area contributed by atoms with Gasteiger partial charge in [-0.25, -0.2) is 9.59 Å². The molecule has 0 unspecified atom stereocenters. The van der Waals surface area contributed by atoms with Crippen molar-refractivity contribution in [1.29, 1.82) is 0 Å². The lowest BCUT2D eigenvalue weighted by molar-refractivity contribution is -0.145. The number of nitrogens with one attached hydrogen (secondary N) is 2. The van der Waals surface area contributed by atoms with Crippen LogP contribution in [0.25, 0.3) is 0 Å². The van der Waals surface area contributed by atoms with Gasteiger partial charge in [-0.05, 0) is 12.8 Å². The highest BCUT2D eigenvalue weighted by atomic mass is 16.4. The molecule has 9 nitrogen and oxygen atoms in total. The number of hydrogen-bond acceptors (Lipinski definition) is 4. The molecule has 1 rings (SSSR count). The van der Waals surface area contributed by atoms with Gasteiger partial charge in [0, 0.05) is 13.1 Å². The maximum Gasteiger partial charge on any atom is 0.326 e. The number of carbonyl (C=O) groups is 4. The second kappa shape index (κ2) is 7.31. The monoisotopic (exact) mass is 287 g/mol. The molecule has 0 aromatic heterocycles. The minimum atomic E-state index is -1.53. The molecule has 4 N–H and O–H groups in total. The zero-order chi connectivity index (χ0) is 15.1. The van der Waals surface area contributed by atoms with Crippen LogP contribution < -0.4 is 10.6 Å². The molecule has 0 spiro atoms. The number of carboxylic acids is 2. The third-order valence-electron chi connectivity index (χ3n) is 2.84. The van der Waals surface area contributed by atoms with Crippen molar-refractivity contribution >= 4 is 23.9 Å². The highest BCUT2D eigenvalue weighted by molar-refractivity contribution is 5.88. The van der Waals surface area contributed by atoms with Crippen molar-refractivity contribution in [3.05, 3.63) is 0 Å². The minimum Gasteiger partial charge on any atom is -0.481 e. The molecule has 0 bridgehead atoms. The van der Waals surface area contributed by atoms with E-state index in [4.69, 9.17) is 10.2 Å². The Morgan fingerprint density at radius 2 is 1.70 bits per heavy atom. The molecule has 3 amide bonds. The van der Waals surface area contributed by atoms with E-state index in [-0.39, 0.29) is 12.5 Å². The number of nitrogens with zero attached hydrogens (tertiary/aromatic N) is 1. The molecule has 0 radical (unpaired) electrons. The van der Waals surface area contributed by atoms with Crippen LogP contribution in [-0.4, -0.2) is 64.7 Å². The minimum absolute atomic E-state index is 0.245. The number of urea groups is 1. The fourth-order valence-corrected chi connectivity index (χ4v) is 1.82.